The molecule has 0 spiro atoms. The number of rotatable bonds is 9. The molecule has 10 heteroatoms. The molecule has 0 unspecified atom stereocenters. The maximum atomic E-state index is 13.3. The number of anilines is 2. The topological polar surface area (TPSA) is 84.0 Å². The summed E-state index contributed by atoms with van der Waals surface area (Å²) in [5.41, 5.74) is 2.04. The van der Waals surface area contributed by atoms with Crippen LogP contribution in [0.5, 0.6) is 11.5 Å². The Hall–Kier alpha value is -3.34. The van der Waals surface area contributed by atoms with Crippen LogP contribution >= 0.6 is 11.5 Å². The zero-order valence-electron chi connectivity index (χ0n) is 21.8. The van der Waals surface area contributed by atoms with Crippen LogP contribution in [0.1, 0.15) is 11.1 Å². The minimum atomic E-state index is -3.78. The minimum Gasteiger partial charge on any atom is -0.493 e. The molecule has 3 aromatic carbocycles. The normalized spacial score (nSPS) is 14.6. The van der Waals surface area contributed by atoms with E-state index >= 15 is 0 Å². The molecule has 1 N–H and O–H groups in total. The number of nitrogens with one attached hydrogen (secondary N) is 1. The summed E-state index contributed by atoms with van der Waals surface area (Å²) in [5.74, 6) is 2.11. The molecule has 5 rings (SSSR count). The smallest absolute Gasteiger partial charge is 0.262 e. The molecule has 1 saturated heterocycles. The average Bonchev–Trinajstić information content (AvgIpc) is 3.36. The molecule has 4 aromatic rings. The third kappa shape index (κ3) is 5.43. The Morgan fingerprint density at radius 2 is 1.63 bits per heavy atom. The monoisotopic (exact) mass is 552 g/mol. The highest BCUT2D eigenvalue weighted by Gasteiger charge is 2.23. The van der Waals surface area contributed by atoms with Crippen molar-refractivity contribution < 1.29 is 17.9 Å². The summed E-state index contributed by atoms with van der Waals surface area (Å²) in [4.78, 5) is 5.01. The number of ether oxygens (including phenoxy) is 2. The summed E-state index contributed by atoms with van der Waals surface area (Å²) >= 11 is 1.54. The molecule has 38 heavy (non-hydrogen) atoms. The van der Waals surface area contributed by atoms with Crippen molar-refractivity contribution in [3.8, 4) is 11.5 Å². The molecule has 200 valence electrons. The zero-order valence-corrected chi connectivity index (χ0v) is 23.4. The van der Waals surface area contributed by atoms with Gasteiger partial charge < -0.3 is 14.4 Å². The quantitative estimate of drug-likeness (QED) is 0.320. The summed E-state index contributed by atoms with van der Waals surface area (Å²) in [7, 11) is -0.650. The third-order valence-electron chi connectivity index (χ3n) is 6.96. The zero-order chi connectivity index (χ0) is 26.7. The van der Waals surface area contributed by atoms with Crippen LogP contribution in [0.25, 0.3) is 10.1 Å². The van der Waals surface area contributed by atoms with Gasteiger partial charge in [0.2, 0.25) is 0 Å². The number of aryl methyl sites for hydroxylation is 1. The van der Waals surface area contributed by atoms with Crippen LogP contribution in [0.2, 0.25) is 0 Å². The molecular weight excluding hydrogens is 520 g/mol. The van der Waals surface area contributed by atoms with Gasteiger partial charge in [0.05, 0.1) is 29.5 Å². The Morgan fingerprint density at radius 1 is 0.947 bits per heavy atom. The van der Waals surface area contributed by atoms with Gasteiger partial charge in [-0.05, 0) is 60.3 Å². The Balaban J connectivity index is 1.31. The molecule has 0 atom stereocenters. The lowest BCUT2D eigenvalue weighted by molar-refractivity contribution is 0.260. The van der Waals surface area contributed by atoms with Crippen molar-refractivity contribution in [2.24, 2.45) is 0 Å². The Morgan fingerprint density at radius 3 is 2.37 bits per heavy atom. The number of hydrogen-bond acceptors (Lipinski definition) is 8. The standard InChI is InChI=1S/C28H32N4O4S2/c1-20-8-4-7-11-27(20)38(33,34)30-23-19-25(36-3)24(35-2)18-21(23)12-13-31-14-16-32(17-15-31)28-22-9-5-6-10-26(22)37-29-28/h4-11,18-19,30H,12-17H2,1-3H3. The summed E-state index contributed by atoms with van der Waals surface area (Å²) in [5, 5.41) is 1.21. The lowest BCUT2D eigenvalue weighted by Gasteiger charge is -2.35. The van der Waals surface area contributed by atoms with Crippen LogP contribution in [-0.4, -0.2) is 64.6 Å². The highest BCUT2D eigenvalue weighted by atomic mass is 32.2. The summed E-state index contributed by atoms with van der Waals surface area (Å²) in [6.07, 6.45) is 0.658. The maximum absolute atomic E-state index is 13.3. The van der Waals surface area contributed by atoms with Crippen molar-refractivity contribution in [3.05, 3.63) is 71.8 Å². The number of sulfonamides is 1. The van der Waals surface area contributed by atoms with Gasteiger partial charge in [-0.1, -0.05) is 30.3 Å². The van der Waals surface area contributed by atoms with E-state index in [9.17, 15) is 8.42 Å². The van der Waals surface area contributed by atoms with Crippen LogP contribution in [0.3, 0.4) is 0 Å². The number of fused-ring (bicyclic) bond motifs is 1. The fourth-order valence-electron chi connectivity index (χ4n) is 4.84. The van der Waals surface area contributed by atoms with Crippen LogP contribution in [0.4, 0.5) is 11.5 Å². The number of piperazine rings is 1. The second-order valence-electron chi connectivity index (χ2n) is 9.32. The van der Waals surface area contributed by atoms with Crippen LogP contribution in [-0.2, 0) is 16.4 Å². The second kappa shape index (κ2) is 11.2. The number of hydrogen-bond donors (Lipinski definition) is 1. The molecule has 0 amide bonds. The van der Waals surface area contributed by atoms with Crippen molar-refractivity contribution in [1.29, 1.82) is 0 Å². The first-order valence-corrected chi connectivity index (χ1v) is 14.8. The van der Waals surface area contributed by atoms with Crippen molar-refractivity contribution in [3.63, 3.8) is 0 Å². The van der Waals surface area contributed by atoms with Gasteiger partial charge in [-0.15, -0.1) is 0 Å². The highest BCUT2D eigenvalue weighted by Crippen LogP contribution is 2.35. The Kier molecular flexibility index (Phi) is 7.73. The van der Waals surface area contributed by atoms with Crippen molar-refractivity contribution in [2.75, 3.05) is 56.6 Å². The van der Waals surface area contributed by atoms with Gasteiger partial charge in [-0.2, -0.15) is 4.37 Å². The van der Waals surface area contributed by atoms with Crippen molar-refractivity contribution in [2.45, 2.75) is 18.2 Å². The first-order valence-electron chi connectivity index (χ1n) is 12.5. The van der Waals surface area contributed by atoms with E-state index in [1.807, 2.05) is 18.2 Å². The summed E-state index contributed by atoms with van der Waals surface area (Å²) in [6.45, 7) is 6.18. The van der Waals surface area contributed by atoms with E-state index in [4.69, 9.17) is 13.8 Å². The molecule has 0 aliphatic carbocycles. The molecule has 1 aromatic heterocycles. The van der Waals surface area contributed by atoms with Crippen molar-refractivity contribution in [1.82, 2.24) is 9.27 Å². The summed E-state index contributed by atoms with van der Waals surface area (Å²) in [6, 6.07) is 18.9. The predicted molar refractivity (Wildman–Crippen MR) is 154 cm³/mol. The Bertz CT molecular complexity index is 1530. The van der Waals surface area contributed by atoms with Crippen LogP contribution < -0.4 is 19.1 Å². The molecule has 8 nitrogen and oxygen atoms in total. The molecular formula is C28H32N4O4S2. The first-order chi connectivity index (χ1) is 18.4. The predicted octanol–water partition coefficient (Wildman–Crippen LogP) is 4.79. The van der Waals surface area contributed by atoms with Gasteiger partial charge >= 0.3 is 0 Å². The van der Waals surface area contributed by atoms with Crippen molar-refractivity contribution >= 4 is 43.1 Å². The maximum Gasteiger partial charge on any atom is 0.262 e. The van der Waals surface area contributed by atoms with E-state index in [0.29, 0.717) is 29.2 Å². The second-order valence-corrected chi connectivity index (χ2v) is 11.8. The average molecular weight is 553 g/mol. The van der Waals surface area contributed by atoms with E-state index in [1.54, 1.807) is 56.9 Å². The van der Waals surface area contributed by atoms with Gasteiger partial charge in [0.25, 0.3) is 10.0 Å². The SMILES string of the molecule is COc1cc(CCN2CCN(c3nsc4ccccc34)CC2)c(NS(=O)(=O)c2ccccc2C)cc1OC. The van der Waals surface area contributed by atoms with Gasteiger partial charge in [0, 0.05) is 44.2 Å². The molecule has 0 bridgehead atoms. The number of benzene rings is 3. The van der Waals surface area contributed by atoms with Crippen LogP contribution in [0, 0.1) is 6.92 Å². The number of nitrogens with zero attached hydrogens (tertiary/aromatic N) is 3. The van der Waals surface area contributed by atoms with Gasteiger partial charge in [-0.25, -0.2) is 8.42 Å². The van der Waals surface area contributed by atoms with E-state index < -0.39 is 10.0 Å². The van der Waals surface area contributed by atoms with Gasteiger partial charge in [-0.3, -0.25) is 9.62 Å². The first kappa shape index (κ1) is 26.3. The van der Waals surface area contributed by atoms with E-state index in [2.05, 4.69) is 32.7 Å². The van der Waals surface area contributed by atoms with E-state index in [0.717, 1.165) is 44.1 Å². The lowest BCUT2D eigenvalue weighted by Crippen LogP contribution is -2.47. The minimum absolute atomic E-state index is 0.256. The molecule has 1 fully saturated rings. The molecule has 0 saturated carbocycles. The molecule has 2 heterocycles. The number of methoxy groups -OCH3 is 2. The summed E-state index contributed by atoms with van der Waals surface area (Å²) < 4.78 is 46.2. The van der Waals surface area contributed by atoms with E-state index in [-0.39, 0.29) is 4.90 Å². The van der Waals surface area contributed by atoms with E-state index in [1.165, 1.54) is 10.1 Å². The van der Waals surface area contributed by atoms with Gasteiger partial charge in [0.1, 0.15) is 5.82 Å². The van der Waals surface area contributed by atoms with Crippen LogP contribution in [0.15, 0.2) is 65.6 Å². The molecule has 1 aliphatic rings. The third-order valence-corrected chi connectivity index (χ3v) is 9.31. The highest BCUT2D eigenvalue weighted by molar-refractivity contribution is 7.92. The lowest BCUT2D eigenvalue weighted by atomic mass is 10.1. The number of aromatic nitrogens is 1. The van der Waals surface area contributed by atoms with Gasteiger partial charge in [0.15, 0.2) is 11.5 Å². The Labute approximate surface area is 228 Å². The fraction of sp³-hybridized carbons (Fsp3) is 0.321. The molecule has 0 radical (unpaired) electrons. The fourth-order valence-corrected chi connectivity index (χ4v) is 6.98. The molecule has 1 aliphatic heterocycles. The largest absolute Gasteiger partial charge is 0.493 e.